The van der Waals surface area contributed by atoms with Crippen LogP contribution < -0.4 is 9.47 Å². The molecule has 1 heterocycles. The molecule has 0 amide bonds. The lowest BCUT2D eigenvalue weighted by Gasteiger charge is -2.16. The Hall–Kier alpha value is -3.53. The van der Waals surface area contributed by atoms with Crippen molar-refractivity contribution in [2.24, 2.45) is 0 Å². The summed E-state index contributed by atoms with van der Waals surface area (Å²) in [4.78, 5) is 0. The first-order valence-corrected chi connectivity index (χ1v) is 8.73. The molecular formula is C23H20N2O2. The van der Waals surface area contributed by atoms with Gasteiger partial charge in [0.15, 0.2) is 0 Å². The van der Waals surface area contributed by atoms with Gasteiger partial charge in [-0.2, -0.15) is 5.10 Å². The van der Waals surface area contributed by atoms with Gasteiger partial charge in [0.25, 0.3) is 0 Å². The van der Waals surface area contributed by atoms with Crippen LogP contribution in [0.25, 0.3) is 28.1 Å². The van der Waals surface area contributed by atoms with Gasteiger partial charge in [-0.15, -0.1) is 0 Å². The summed E-state index contributed by atoms with van der Waals surface area (Å²) in [6.07, 6.45) is 1.80. The van der Waals surface area contributed by atoms with Crippen molar-refractivity contribution >= 4 is 0 Å². The van der Waals surface area contributed by atoms with Gasteiger partial charge in [0.05, 0.1) is 31.8 Å². The van der Waals surface area contributed by atoms with E-state index in [0.717, 1.165) is 39.6 Å². The van der Waals surface area contributed by atoms with E-state index in [9.17, 15) is 0 Å². The Labute approximate surface area is 158 Å². The fourth-order valence-electron chi connectivity index (χ4n) is 3.22. The van der Waals surface area contributed by atoms with E-state index in [1.54, 1.807) is 20.4 Å². The molecule has 0 spiro atoms. The van der Waals surface area contributed by atoms with Crippen LogP contribution in [-0.4, -0.2) is 24.0 Å². The molecule has 0 fully saturated rings. The van der Waals surface area contributed by atoms with Gasteiger partial charge in [-0.25, -0.2) is 4.68 Å². The van der Waals surface area contributed by atoms with E-state index in [2.05, 4.69) is 23.3 Å². The third-order valence-electron chi connectivity index (χ3n) is 4.53. The van der Waals surface area contributed by atoms with Crippen LogP contribution in [0.3, 0.4) is 0 Å². The molecule has 4 heteroatoms. The van der Waals surface area contributed by atoms with Gasteiger partial charge in [-0.3, -0.25) is 0 Å². The van der Waals surface area contributed by atoms with Crippen molar-refractivity contribution < 1.29 is 9.47 Å². The molecule has 0 radical (unpaired) electrons. The van der Waals surface area contributed by atoms with Gasteiger partial charge in [-0.05, 0) is 29.8 Å². The maximum Gasteiger partial charge on any atom is 0.131 e. The number of ether oxygens (including phenoxy) is 2. The van der Waals surface area contributed by atoms with Crippen LogP contribution >= 0.6 is 0 Å². The Bertz CT molecular complexity index is 1040. The van der Waals surface area contributed by atoms with Crippen molar-refractivity contribution in [2.75, 3.05) is 14.2 Å². The molecule has 0 aliphatic carbocycles. The topological polar surface area (TPSA) is 36.3 Å². The molecule has 0 aliphatic rings. The van der Waals surface area contributed by atoms with E-state index >= 15 is 0 Å². The summed E-state index contributed by atoms with van der Waals surface area (Å²) in [5.41, 5.74) is 5.01. The van der Waals surface area contributed by atoms with Crippen LogP contribution in [0.1, 0.15) is 0 Å². The molecule has 4 rings (SSSR count). The first kappa shape index (κ1) is 16.9. The highest BCUT2D eigenvalue weighted by molar-refractivity contribution is 5.81. The predicted molar refractivity (Wildman–Crippen MR) is 108 cm³/mol. The van der Waals surface area contributed by atoms with Crippen LogP contribution in [0.15, 0.2) is 85.1 Å². The first-order valence-electron chi connectivity index (χ1n) is 8.73. The summed E-state index contributed by atoms with van der Waals surface area (Å²) in [5.74, 6) is 1.51. The minimum absolute atomic E-state index is 0.740. The lowest BCUT2D eigenvalue weighted by atomic mass is 9.99. The van der Waals surface area contributed by atoms with Crippen LogP contribution in [0.5, 0.6) is 11.5 Å². The zero-order valence-electron chi connectivity index (χ0n) is 15.3. The monoisotopic (exact) mass is 356 g/mol. The number of methoxy groups -OCH3 is 2. The first-order chi connectivity index (χ1) is 13.3. The highest BCUT2D eigenvalue weighted by Gasteiger charge is 2.17. The van der Waals surface area contributed by atoms with Crippen molar-refractivity contribution in [3.8, 4) is 39.6 Å². The smallest absolute Gasteiger partial charge is 0.131 e. The number of rotatable bonds is 5. The highest BCUT2D eigenvalue weighted by atomic mass is 16.5. The molecule has 27 heavy (non-hydrogen) atoms. The van der Waals surface area contributed by atoms with Crippen molar-refractivity contribution in [1.82, 2.24) is 9.78 Å². The number of hydrogen-bond acceptors (Lipinski definition) is 3. The maximum atomic E-state index is 5.67. The number of nitrogens with zero attached hydrogens (tertiary/aromatic N) is 2. The summed E-state index contributed by atoms with van der Waals surface area (Å²) in [5, 5.41) is 4.51. The third-order valence-corrected chi connectivity index (χ3v) is 4.53. The highest BCUT2D eigenvalue weighted by Crippen LogP contribution is 2.41. The van der Waals surface area contributed by atoms with E-state index < -0.39 is 0 Å². The number of benzene rings is 3. The number of aromatic nitrogens is 2. The minimum Gasteiger partial charge on any atom is -0.496 e. The third kappa shape index (κ3) is 3.17. The number of para-hydroxylation sites is 1. The van der Waals surface area contributed by atoms with Crippen molar-refractivity contribution in [3.63, 3.8) is 0 Å². The van der Waals surface area contributed by atoms with E-state index in [4.69, 9.17) is 9.47 Å². The molecule has 4 aromatic rings. The van der Waals surface area contributed by atoms with Crippen molar-refractivity contribution in [1.29, 1.82) is 0 Å². The second-order valence-electron chi connectivity index (χ2n) is 6.08. The Kier molecular flexibility index (Phi) is 4.62. The molecule has 0 aliphatic heterocycles. The van der Waals surface area contributed by atoms with Crippen LogP contribution in [0, 0.1) is 0 Å². The Balaban J connectivity index is 1.93. The summed E-state index contributed by atoms with van der Waals surface area (Å²) in [7, 11) is 3.35. The summed E-state index contributed by atoms with van der Waals surface area (Å²) >= 11 is 0. The normalized spacial score (nSPS) is 10.6. The molecule has 0 bridgehead atoms. The number of hydrogen-bond donors (Lipinski definition) is 0. The fraction of sp³-hybridized carbons (Fsp3) is 0.0870. The average molecular weight is 356 g/mol. The molecule has 0 unspecified atom stereocenters. The molecule has 1 aromatic heterocycles. The van der Waals surface area contributed by atoms with Gasteiger partial charge in [0.2, 0.25) is 0 Å². The molecule has 0 saturated heterocycles. The van der Waals surface area contributed by atoms with E-state index in [1.165, 1.54) is 0 Å². The molecule has 0 saturated carbocycles. The molecule has 0 N–H and O–H groups in total. The lowest BCUT2D eigenvalue weighted by Crippen LogP contribution is -2.01. The standard InChI is InChI=1S/C23H20N2O2/c1-26-22-16-23(27-2)20(15-19(22)17-9-5-3-6-10-17)21-13-14-24-25(21)18-11-7-4-8-12-18/h3-16H,1-2H3. The van der Waals surface area contributed by atoms with Gasteiger partial charge in [0, 0.05) is 17.2 Å². The SMILES string of the molecule is COc1cc(OC)c(-c2ccnn2-c2ccccc2)cc1-c1ccccc1. The second-order valence-corrected chi connectivity index (χ2v) is 6.08. The van der Waals surface area contributed by atoms with Crippen LogP contribution in [-0.2, 0) is 0 Å². The zero-order chi connectivity index (χ0) is 18.6. The second kappa shape index (κ2) is 7.38. The molecule has 0 atom stereocenters. The largest absolute Gasteiger partial charge is 0.496 e. The van der Waals surface area contributed by atoms with Gasteiger partial charge in [0.1, 0.15) is 11.5 Å². The molecular weight excluding hydrogens is 336 g/mol. The van der Waals surface area contributed by atoms with Gasteiger partial charge < -0.3 is 9.47 Å². The maximum absolute atomic E-state index is 5.67. The van der Waals surface area contributed by atoms with Gasteiger partial charge >= 0.3 is 0 Å². The summed E-state index contributed by atoms with van der Waals surface area (Å²) < 4.78 is 13.2. The molecule has 134 valence electrons. The van der Waals surface area contributed by atoms with Crippen LogP contribution in [0.4, 0.5) is 0 Å². The zero-order valence-corrected chi connectivity index (χ0v) is 15.3. The summed E-state index contributed by atoms with van der Waals surface area (Å²) in [6.45, 7) is 0. The quantitative estimate of drug-likeness (QED) is 0.492. The Morgan fingerprint density at radius 2 is 1.33 bits per heavy atom. The van der Waals surface area contributed by atoms with Gasteiger partial charge in [-0.1, -0.05) is 48.5 Å². The molecule has 4 nitrogen and oxygen atoms in total. The van der Waals surface area contributed by atoms with Crippen molar-refractivity contribution in [2.45, 2.75) is 0 Å². The minimum atomic E-state index is 0.740. The van der Waals surface area contributed by atoms with E-state index in [-0.39, 0.29) is 0 Å². The molecule has 3 aromatic carbocycles. The van der Waals surface area contributed by atoms with Crippen LogP contribution in [0.2, 0.25) is 0 Å². The average Bonchev–Trinajstić information content (AvgIpc) is 3.23. The van der Waals surface area contributed by atoms with E-state index in [0.29, 0.717) is 0 Å². The fourth-order valence-corrected chi connectivity index (χ4v) is 3.22. The van der Waals surface area contributed by atoms with Crippen molar-refractivity contribution in [3.05, 3.63) is 85.1 Å². The van der Waals surface area contributed by atoms with E-state index in [1.807, 2.05) is 65.3 Å². The Morgan fingerprint density at radius 3 is 2.00 bits per heavy atom. The predicted octanol–water partition coefficient (Wildman–Crippen LogP) is 5.22. The Morgan fingerprint density at radius 1 is 0.704 bits per heavy atom. The lowest BCUT2D eigenvalue weighted by molar-refractivity contribution is 0.396. The summed E-state index contributed by atoms with van der Waals surface area (Å²) in [6, 6.07) is 26.3.